The molecular formula is C16H24FN3O3S. The summed E-state index contributed by atoms with van der Waals surface area (Å²) in [7, 11) is -3.83. The van der Waals surface area contributed by atoms with Gasteiger partial charge in [0.05, 0.1) is 6.54 Å². The van der Waals surface area contributed by atoms with Crippen molar-refractivity contribution in [3.8, 4) is 0 Å². The number of hydrogen-bond acceptors (Lipinski definition) is 4. The van der Waals surface area contributed by atoms with Gasteiger partial charge in [-0.1, -0.05) is 25.5 Å². The zero-order valence-corrected chi connectivity index (χ0v) is 14.7. The molecular weight excluding hydrogens is 333 g/mol. The van der Waals surface area contributed by atoms with E-state index in [9.17, 15) is 17.6 Å². The van der Waals surface area contributed by atoms with Crippen molar-refractivity contribution in [1.29, 1.82) is 0 Å². The van der Waals surface area contributed by atoms with E-state index in [1.165, 1.54) is 22.5 Å². The maximum Gasteiger partial charge on any atom is 0.246 e. The zero-order chi connectivity index (χ0) is 17.6. The quantitative estimate of drug-likeness (QED) is 0.741. The first kappa shape index (κ1) is 18.8. The van der Waals surface area contributed by atoms with Crippen LogP contribution in [0.5, 0.6) is 0 Å². The lowest BCUT2D eigenvalue weighted by Gasteiger charge is -2.33. The molecule has 6 nitrogen and oxygen atoms in total. The van der Waals surface area contributed by atoms with E-state index in [4.69, 9.17) is 0 Å². The Hall–Kier alpha value is -1.51. The van der Waals surface area contributed by atoms with Crippen molar-refractivity contribution in [1.82, 2.24) is 14.5 Å². The number of piperazine rings is 1. The fourth-order valence-corrected chi connectivity index (χ4v) is 4.07. The standard InChI is InChI=1S/C16H24FN3O3S/c1-2-3-8-18-16(21)13-19-9-11-20(12-10-19)24(22,23)15-7-5-4-6-14(15)17/h4-7H,2-3,8-13H2,1H3,(H,18,21). The number of sulfonamides is 1. The van der Waals surface area contributed by atoms with Crippen molar-refractivity contribution >= 4 is 15.9 Å². The number of nitrogens with one attached hydrogen (secondary N) is 1. The van der Waals surface area contributed by atoms with Crippen LogP contribution in [-0.2, 0) is 14.8 Å². The smallest absolute Gasteiger partial charge is 0.246 e. The van der Waals surface area contributed by atoms with Crippen LogP contribution in [0.1, 0.15) is 19.8 Å². The fourth-order valence-electron chi connectivity index (χ4n) is 2.58. The van der Waals surface area contributed by atoms with Crippen molar-refractivity contribution in [3.63, 3.8) is 0 Å². The molecule has 1 N–H and O–H groups in total. The van der Waals surface area contributed by atoms with Gasteiger partial charge in [0.15, 0.2) is 0 Å². The van der Waals surface area contributed by atoms with E-state index in [0.29, 0.717) is 19.6 Å². The second-order valence-electron chi connectivity index (χ2n) is 5.81. The van der Waals surface area contributed by atoms with Crippen LogP contribution in [-0.4, -0.2) is 62.8 Å². The van der Waals surface area contributed by atoms with Gasteiger partial charge < -0.3 is 5.32 Å². The van der Waals surface area contributed by atoms with E-state index in [2.05, 4.69) is 12.2 Å². The molecule has 0 aliphatic carbocycles. The highest BCUT2D eigenvalue weighted by molar-refractivity contribution is 7.89. The van der Waals surface area contributed by atoms with Crippen LogP contribution in [0.4, 0.5) is 4.39 Å². The molecule has 1 aromatic carbocycles. The summed E-state index contributed by atoms with van der Waals surface area (Å²) in [5.41, 5.74) is 0. The van der Waals surface area contributed by atoms with E-state index < -0.39 is 15.8 Å². The number of halogens is 1. The van der Waals surface area contributed by atoms with Crippen LogP contribution in [0.3, 0.4) is 0 Å². The second kappa shape index (κ2) is 8.55. The molecule has 1 saturated heterocycles. The lowest BCUT2D eigenvalue weighted by atomic mass is 10.3. The second-order valence-corrected chi connectivity index (χ2v) is 7.72. The van der Waals surface area contributed by atoms with Gasteiger partial charge in [0.25, 0.3) is 0 Å². The summed E-state index contributed by atoms with van der Waals surface area (Å²) in [4.78, 5) is 13.4. The zero-order valence-electron chi connectivity index (χ0n) is 13.9. The normalized spacial score (nSPS) is 16.9. The van der Waals surface area contributed by atoms with Gasteiger partial charge in [0.1, 0.15) is 10.7 Å². The van der Waals surface area contributed by atoms with E-state index in [0.717, 1.165) is 18.9 Å². The van der Waals surface area contributed by atoms with E-state index >= 15 is 0 Å². The number of hydrogen-bond donors (Lipinski definition) is 1. The Labute approximate surface area is 142 Å². The molecule has 0 radical (unpaired) electrons. The van der Waals surface area contributed by atoms with Gasteiger partial charge in [0, 0.05) is 32.7 Å². The summed E-state index contributed by atoms with van der Waals surface area (Å²) >= 11 is 0. The molecule has 1 aliphatic rings. The van der Waals surface area contributed by atoms with Crippen molar-refractivity contribution in [2.24, 2.45) is 0 Å². The molecule has 2 rings (SSSR count). The summed E-state index contributed by atoms with van der Waals surface area (Å²) in [6, 6.07) is 5.39. The van der Waals surface area contributed by atoms with Crippen LogP contribution in [0.25, 0.3) is 0 Å². The fraction of sp³-hybridized carbons (Fsp3) is 0.562. The summed E-state index contributed by atoms with van der Waals surface area (Å²) < 4.78 is 40.0. The number of nitrogens with zero attached hydrogens (tertiary/aromatic N) is 2. The van der Waals surface area contributed by atoms with Crippen molar-refractivity contribution in [3.05, 3.63) is 30.1 Å². The van der Waals surface area contributed by atoms with Crippen molar-refractivity contribution in [2.45, 2.75) is 24.7 Å². The molecule has 0 spiro atoms. The minimum Gasteiger partial charge on any atom is -0.355 e. The molecule has 1 aliphatic heterocycles. The lowest BCUT2D eigenvalue weighted by Crippen LogP contribution is -2.51. The lowest BCUT2D eigenvalue weighted by molar-refractivity contribution is -0.122. The Morgan fingerprint density at radius 3 is 2.50 bits per heavy atom. The first-order valence-corrected chi connectivity index (χ1v) is 9.63. The SMILES string of the molecule is CCCCNC(=O)CN1CCN(S(=O)(=O)c2ccccc2F)CC1. The highest BCUT2D eigenvalue weighted by atomic mass is 32.2. The maximum atomic E-state index is 13.8. The maximum absolute atomic E-state index is 13.8. The Bertz CT molecular complexity index is 658. The van der Waals surface area contributed by atoms with Gasteiger partial charge in [0.2, 0.25) is 15.9 Å². The molecule has 0 bridgehead atoms. The summed E-state index contributed by atoms with van der Waals surface area (Å²) in [5.74, 6) is -0.788. The number of rotatable bonds is 7. The Morgan fingerprint density at radius 2 is 1.88 bits per heavy atom. The summed E-state index contributed by atoms with van der Waals surface area (Å²) in [6.07, 6.45) is 1.97. The third-order valence-corrected chi connectivity index (χ3v) is 5.94. The number of amides is 1. The topological polar surface area (TPSA) is 69.7 Å². The van der Waals surface area contributed by atoms with Crippen LogP contribution >= 0.6 is 0 Å². The third-order valence-electron chi connectivity index (χ3n) is 4.01. The largest absolute Gasteiger partial charge is 0.355 e. The van der Waals surface area contributed by atoms with Crippen LogP contribution in [0.2, 0.25) is 0 Å². The minimum absolute atomic E-state index is 0.0474. The summed E-state index contributed by atoms with van der Waals surface area (Å²) in [6.45, 7) is 4.39. The first-order valence-electron chi connectivity index (χ1n) is 8.19. The van der Waals surface area contributed by atoms with Crippen molar-refractivity contribution in [2.75, 3.05) is 39.3 Å². The number of benzene rings is 1. The Morgan fingerprint density at radius 1 is 1.21 bits per heavy atom. The predicted octanol–water partition coefficient (Wildman–Crippen LogP) is 1.05. The summed E-state index contributed by atoms with van der Waals surface area (Å²) in [5, 5.41) is 2.84. The monoisotopic (exact) mass is 357 g/mol. The molecule has 0 saturated carbocycles. The highest BCUT2D eigenvalue weighted by Gasteiger charge is 2.30. The molecule has 8 heteroatoms. The molecule has 1 fully saturated rings. The predicted molar refractivity (Wildman–Crippen MR) is 89.5 cm³/mol. The molecule has 0 aromatic heterocycles. The average molecular weight is 357 g/mol. The number of carbonyl (C=O) groups excluding carboxylic acids is 1. The van der Waals surface area contributed by atoms with Crippen molar-refractivity contribution < 1.29 is 17.6 Å². The number of unbranched alkanes of at least 4 members (excludes halogenated alkanes) is 1. The Balaban J connectivity index is 1.88. The molecule has 1 heterocycles. The molecule has 1 aromatic rings. The molecule has 0 atom stereocenters. The molecule has 134 valence electrons. The van der Waals surface area contributed by atoms with Crippen LogP contribution in [0, 0.1) is 5.82 Å². The molecule has 0 unspecified atom stereocenters. The van der Waals surface area contributed by atoms with E-state index in [1.54, 1.807) is 0 Å². The molecule has 1 amide bonds. The van der Waals surface area contributed by atoms with Crippen LogP contribution < -0.4 is 5.32 Å². The van der Waals surface area contributed by atoms with Gasteiger partial charge in [-0.15, -0.1) is 0 Å². The van der Waals surface area contributed by atoms with E-state index in [1.807, 2.05) is 4.90 Å². The minimum atomic E-state index is -3.83. The van der Waals surface area contributed by atoms with Crippen LogP contribution in [0.15, 0.2) is 29.2 Å². The van der Waals surface area contributed by atoms with E-state index in [-0.39, 0.29) is 30.4 Å². The third kappa shape index (κ3) is 4.75. The Kier molecular flexibility index (Phi) is 6.70. The molecule has 24 heavy (non-hydrogen) atoms. The highest BCUT2D eigenvalue weighted by Crippen LogP contribution is 2.20. The van der Waals surface area contributed by atoms with Gasteiger partial charge in [-0.2, -0.15) is 4.31 Å². The van der Waals surface area contributed by atoms with Gasteiger partial charge in [-0.3, -0.25) is 9.69 Å². The van der Waals surface area contributed by atoms with Gasteiger partial charge >= 0.3 is 0 Å². The van der Waals surface area contributed by atoms with Gasteiger partial charge in [-0.25, -0.2) is 12.8 Å². The average Bonchev–Trinajstić information content (AvgIpc) is 2.56. The number of carbonyl (C=O) groups is 1. The first-order chi connectivity index (χ1) is 11.4. The van der Waals surface area contributed by atoms with Gasteiger partial charge in [-0.05, 0) is 18.6 Å².